The summed E-state index contributed by atoms with van der Waals surface area (Å²) in [7, 11) is 3.35. The first kappa shape index (κ1) is 31.1. The molecule has 3 aromatic heterocycles. The van der Waals surface area contributed by atoms with Crippen molar-refractivity contribution in [2.45, 2.75) is 0 Å². The lowest BCUT2D eigenvalue weighted by molar-refractivity contribution is 0.331. The van der Waals surface area contributed by atoms with E-state index in [2.05, 4.69) is 143 Å². The highest BCUT2D eigenvalue weighted by atomic mass is 16.5. The predicted octanol–water partition coefficient (Wildman–Crippen LogP) is 11.1. The molecular formula is C46H34N4O2. The molecule has 0 saturated heterocycles. The van der Waals surface area contributed by atoms with Gasteiger partial charge in [0.05, 0.1) is 36.6 Å². The van der Waals surface area contributed by atoms with Crippen molar-refractivity contribution in [3.63, 3.8) is 0 Å². The second-order valence-corrected chi connectivity index (χ2v) is 12.6. The van der Waals surface area contributed by atoms with Gasteiger partial charge in [-0.2, -0.15) is 0 Å². The maximum absolute atomic E-state index is 6.25. The number of aromatic amines is 1. The number of aromatic nitrogens is 4. The standard InChI is InChI=1S/C46H34N4O2/c1-51-45-38-28-35-25-23-33(47-35)27-34-24-26-36(48-34)29-39-40(30-15-7-3-8-16-30)41(31-17-9-4-10-18-31)44(50(39)37-21-13-6-14-22-37)42(32-19-11-5-12-20-32)43(49-38)46(45)52-2/h3-29,47H,1-2H3. The zero-order valence-electron chi connectivity index (χ0n) is 28.7. The van der Waals surface area contributed by atoms with Gasteiger partial charge in [0, 0.05) is 33.4 Å². The zero-order valence-corrected chi connectivity index (χ0v) is 28.7. The highest BCUT2D eigenvalue weighted by molar-refractivity contribution is 6.11. The summed E-state index contributed by atoms with van der Waals surface area (Å²) in [5.41, 5.74) is 14.0. The van der Waals surface area contributed by atoms with E-state index < -0.39 is 0 Å². The molecule has 52 heavy (non-hydrogen) atoms. The number of nitrogens with zero attached hydrogens (tertiary/aromatic N) is 3. The molecule has 6 heteroatoms. The van der Waals surface area contributed by atoms with Crippen molar-refractivity contribution in [1.82, 2.24) is 19.5 Å². The van der Waals surface area contributed by atoms with E-state index in [0.717, 1.165) is 72.5 Å². The second-order valence-electron chi connectivity index (χ2n) is 12.6. The fourth-order valence-corrected chi connectivity index (χ4v) is 7.28. The maximum atomic E-state index is 6.25. The van der Waals surface area contributed by atoms with Crippen molar-refractivity contribution in [2.75, 3.05) is 14.2 Å². The molecule has 6 nitrogen and oxygen atoms in total. The van der Waals surface area contributed by atoms with Crippen LogP contribution in [0.1, 0.15) is 22.8 Å². The summed E-state index contributed by atoms with van der Waals surface area (Å²) >= 11 is 0. The summed E-state index contributed by atoms with van der Waals surface area (Å²) < 4.78 is 14.7. The van der Waals surface area contributed by atoms with Gasteiger partial charge in [-0.15, -0.1) is 0 Å². The van der Waals surface area contributed by atoms with Crippen LogP contribution >= 0.6 is 0 Å². The first-order valence-electron chi connectivity index (χ1n) is 17.2. The Balaban J connectivity index is 1.65. The number of rotatable bonds is 6. The SMILES string of the molecule is COC1=C(OC)c2nc1cc1ccc(cc3nc(cc4c(-c5ccccc5)c(-c5ccccc5)c(c2-c2ccccc2)n4-c2ccccc2)C=C3)[nH]1. The number of benzene rings is 4. The molecule has 0 atom stereocenters. The lowest BCUT2D eigenvalue weighted by Crippen LogP contribution is -1.99. The van der Waals surface area contributed by atoms with Gasteiger partial charge in [-0.05, 0) is 71.3 Å². The Hall–Kier alpha value is -6.92. The van der Waals surface area contributed by atoms with Crippen molar-refractivity contribution in [3.05, 3.63) is 174 Å². The number of nitrogens with one attached hydrogen (secondary N) is 1. The van der Waals surface area contributed by atoms with Gasteiger partial charge in [0.25, 0.3) is 0 Å². The molecule has 8 bridgehead atoms. The van der Waals surface area contributed by atoms with Gasteiger partial charge in [-0.1, -0.05) is 109 Å². The van der Waals surface area contributed by atoms with Crippen molar-refractivity contribution in [2.24, 2.45) is 0 Å². The molecule has 0 radical (unpaired) electrons. The van der Waals surface area contributed by atoms with E-state index in [1.54, 1.807) is 14.2 Å². The molecule has 0 unspecified atom stereocenters. The third-order valence-corrected chi connectivity index (χ3v) is 9.47. The molecule has 7 aromatic rings. The van der Waals surface area contributed by atoms with Crippen LogP contribution in [0.5, 0.6) is 0 Å². The zero-order chi connectivity index (χ0) is 35.0. The molecule has 0 spiro atoms. The predicted molar refractivity (Wildman–Crippen MR) is 212 cm³/mol. The van der Waals surface area contributed by atoms with Gasteiger partial charge in [-0.25, -0.2) is 9.97 Å². The van der Waals surface area contributed by atoms with Gasteiger partial charge >= 0.3 is 0 Å². The smallest absolute Gasteiger partial charge is 0.189 e. The summed E-state index contributed by atoms with van der Waals surface area (Å²) in [6, 6.07) is 52.5. The molecule has 2 aliphatic heterocycles. The highest BCUT2D eigenvalue weighted by Gasteiger charge is 2.30. The van der Waals surface area contributed by atoms with Gasteiger partial charge < -0.3 is 19.0 Å². The molecule has 9 rings (SSSR count). The highest BCUT2D eigenvalue weighted by Crippen LogP contribution is 2.48. The molecule has 0 saturated carbocycles. The Kier molecular flexibility index (Phi) is 7.82. The van der Waals surface area contributed by atoms with Crippen molar-refractivity contribution in [3.8, 4) is 39.1 Å². The average Bonchev–Trinajstić information content (AvgIpc) is 3.98. The summed E-state index contributed by atoms with van der Waals surface area (Å²) in [5, 5.41) is 0. The first-order chi connectivity index (χ1) is 25.7. The van der Waals surface area contributed by atoms with Crippen LogP contribution in [0.4, 0.5) is 0 Å². The minimum absolute atomic E-state index is 0.559. The van der Waals surface area contributed by atoms with E-state index in [1.807, 2.05) is 30.3 Å². The minimum atomic E-state index is 0.559. The van der Waals surface area contributed by atoms with Crippen molar-refractivity contribution in [1.29, 1.82) is 0 Å². The van der Waals surface area contributed by atoms with Crippen LogP contribution in [0, 0.1) is 0 Å². The van der Waals surface area contributed by atoms with E-state index >= 15 is 0 Å². The van der Waals surface area contributed by atoms with E-state index in [4.69, 9.17) is 19.4 Å². The molecule has 2 aliphatic rings. The lowest BCUT2D eigenvalue weighted by atomic mass is 9.93. The fourth-order valence-electron chi connectivity index (χ4n) is 7.28. The number of para-hydroxylation sites is 1. The average molecular weight is 675 g/mol. The molecule has 1 N–H and O–H groups in total. The third-order valence-electron chi connectivity index (χ3n) is 9.47. The Morgan fingerprint density at radius 1 is 0.500 bits per heavy atom. The number of H-pyrrole nitrogens is 1. The summed E-state index contributed by atoms with van der Waals surface area (Å²) in [6.45, 7) is 0. The Morgan fingerprint density at radius 3 is 1.62 bits per heavy atom. The van der Waals surface area contributed by atoms with Crippen LogP contribution in [0.25, 0.3) is 84.8 Å². The molecular weight excluding hydrogens is 641 g/mol. The third kappa shape index (κ3) is 5.38. The van der Waals surface area contributed by atoms with Crippen LogP contribution < -0.4 is 0 Å². The maximum Gasteiger partial charge on any atom is 0.189 e. The van der Waals surface area contributed by atoms with Crippen molar-refractivity contribution < 1.29 is 9.47 Å². The summed E-state index contributed by atoms with van der Waals surface area (Å²) in [5.74, 6) is 1.12. The summed E-state index contributed by atoms with van der Waals surface area (Å²) in [6.07, 6.45) is 4.14. The van der Waals surface area contributed by atoms with Gasteiger partial charge in [0.15, 0.2) is 11.5 Å². The number of ether oxygens (including phenoxy) is 2. The number of hydrogen-bond donors (Lipinski definition) is 1. The van der Waals surface area contributed by atoms with E-state index in [-0.39, 0.29) is 0 Å². The molecule has 4 aromatic carbocycles. The quantitative estimate of drug-likeness (QED) is 0.191. The molecule has 250 valence electrons. The summed E-state index contributed by atoms with van der Waals surface area (Å²) in [4.78, 5) is 14.0. The minimum Gasteiger partial charge on any atom is -0.491 e. The number of methoxy groups -OCH3 is 2. The van der Waals surface area contributed by atoms with Crippen LogP contribution in [-0.2, 0) is 9.47 Å². The van der Waals surface area contributed by atoms with Crippen LogP contribution in [0.2, 0.25) is 0 Å². The molecule has 0 aliphatic carbocycles. The number of hydrogen-bond acceptors (Lipinski definition) is 4. The van der Waals surface area contributed by atoms with Crippen molar-refractivity contribution >= 4 is 45.7 Å². The van der Waals surface area contributed by atoms with Gasteiger partial charge in [0.1, 0.15) is 11.4 Å². The number of fused-ring (bicyclic) bond motifs is 8. The normalized spacial score (nSPS) is 12.3. The Bertz CT molecular complexity index is 2670. The Labute approximate surface area is 301 Å². The van der Waals surface area contributed by atoms with Gasteiger partial charge in [-0.3, -0.25) is 0 Å². The van der Waals surface area contributed by atoms with Crippen LogP contribution in [0.3, 0.4) is 0 Å². The topological polar surface area (TPSA) is 65.0 Å². The molecule has 0 fully saturated rings. The second kappa shape index (κ2) is 13.1. The largest absolute Gasteiger partial charge is 0.491 e. The fraction of sp³-hybridized carbons (Fsp3) is 0.0435. The first-order valence-corrected chi connectivity index (χ1v) is 17.2. The van der Waals surface area contributed by atoms with E-state index in [0.29, 0.717) is 22.9 Å². The van der Waals surface area contributed by atoms with Gasteiger partial charge in [0.2, 0.25) is 0 Å². The monoisotopic (exact) mass is 674 g/mol. The van der Waals surface area contributed by atoms with Crippen LogP contribution in [-0.4, -0.2) is 33.7 Å². The Morgan fingerprint density at radius 2 is 1.02 bits per heavy atom. The van der Waals surface area contributed by atoms with Crippen LogP contribution in [0.15, 0.2) is 152 Å². The van der Waals surface area contributed by atoms with E-state index in [9.17, 15) is 0 Å². The van der Waals surface area contributed by atoms with E-state index in [1.165, 1.54) is 0 Å². The lowest BCUT2D eigenvalue weighted by Gasteiger charge is -2.15. The molecule has 5 heterocycles. The molecule has 0 amide bonds.